The number of aromatic nitrogens is 2. The number of halogens is 1. The van der Waals surface area contributed by atoms with Crippen LogP contribution in [0.15, 0.2) is 41.1 Å². The van der Waals surface area contributed by atoms with Crippen LogP contribution in [-0.4, -0.2) is 30.5 Å². The zero-order valence-electron chi connectivity index (χ0n) is 18.1. The van der Waals surface area contributed by atoms with E-state index in [9.17, 15) is 13.2 Å². The minimum Gasteiger partial charge on any atom is -0.309 e. The third kappa shape index (κ3) is 6.37. The van der Waals surface area contributed by atoms with Gasteiger partial charge in [0.25, 0.3) is 0 Å². The molecule has 1 atom stereocenters. The maximum Gasteiger partial charge on any atom is 0.233 e. The van der Waals surface area contributed by atoms with Crippen molar-refractivity contribution in [1.82, 2.24) is 9.97 Å². The van der Waals surface area contributed by atoms with Crippen LogP contribution in [0.2, 0.25) is 5.02 Å². The molecule has 1 fully saturated rings. The molecule has 1 amide bonds. The number of nitrogens with zero attached hydrogens (tertiary/aromatic N) is 2. The molecule has 0 spiro atoms. The van der Waals surface area contributed by atoms with Crippen LogP contribution >= 0.6 is 11.6 Å². The van der Waals surface area contributed by atoms with Crippen molar-refractivity contribution in [1.29, 1.82) is 0 Å². The van der Waals surface area contributed by atoms with Crippen LogP contribution in [0.5, 0.6) is 0 Å². The number of anilines is 1. The van der Waals surface area contributed by atoms with Crippen LogP contribution in [0.4, 0.5) is 5.82 Å². The molecule has 3 rings (SSSR count). The highest BCUT2D eigenvalue weighted by molar-refractivity contribution is 7.90. The monoisotopic (exact) mass is 461 g/mol. The summed E-state index contributed by atoms with van der Waals surface area (Å²) in [5, 5.41) is 3.00. The molecule has 1 aromatic carbocycles. The average molecular weight is 462 g/mol. The summed E-state index contributed by atoms with van der Waals surface area (Å²) in [6.45, 7) is 3.95. The van der Waals surface area contributed by atoms with Gasteiger partial charge in [-0.3, -0.25) is 9.78 Å². The van der Waals surface area contributed by atoms with Crippen molar-refractivity contribution >= 4 is 39.2 Å². The lowest BCUT2D eigenvalue weighted by molar-refractivity contribution is -0.118. The fraction of sp³-hybridized carbons (Fsp3) is 0.435. The summed E-state index contributed by atoms with van der Waals surface area (Å²) in [7, 11) is -3.44. The van der Waals surface area contributed by atoms with Gasteiger partial charge in [0.15, 0.2) is 15.7 Å². The molecule has 1 aromatic heterocycles. The zero-order valence-corrected chi connectivity index (χ0v) is 19.6. The molecule has 0 aliphatic heterocycles. The molecule has 1 saturated carbocycles. The van der Waals surface area contributed by atoms with Crippen LogP contribution < -0.4 is 5.32 Å². The Morgan fingerprint density at radius 1 is 1.23 bits per heavy atom. The van der Waals surface area contributed by atoms with Crippen molar-refractivity contribution in [3.63, 3.8) is 0 Å². The number of benzene rings is 1. The van der Waals surface area contributed by atoms with Gasteiger partial charge in [0.1, 0.15) is 0 Å². The second kappa shape index (κ2) is 9.92. The first kappa shape index (κ1) is 23.4. The summed E-state index contributed by atoms with van der Waals surface area (Å²) in [5.41, 5.74) is 2.54. The molecule has 31 heavy (non-hydrogen) atoms. The number of allylic oxidation sites excluding steroid dienone is 1. The van der Waals surface area contributed by atoms with E-state index in [1.165, 1.54) is 18.9 Å². The van der Waals surface area contributed by atoms with E-state index >= 15 is 0 Å². The Morgan fingerprint density at radius 2 is 1.94 bits per heavy atom. The van der Waals surface area contributed by atoms with Crippen molar-refractivity contribution < 1.29 is 13.2 Å². The summed E-state index contributed by atoms with van der Waals surface area (Å²) >= 11 is 6.26. The van der Waals surface area contributed by atoms with Crippen molar-refractivity contribution in [2.45, 2.75) is 56.8 Å². The van der Waals surface area contributed by atoms with Crippen LogP contribution in [0.1, 0.15) is 63.1 Å². The Bertz CT molecular complexity index is 1070. The van der Waals surface area contributed by atoms with E-state index in [0.29, 0.717) is 23.7 Å². The minimum atomic E-state index is -3.44. The lowest BCUT2D eigenvalue weighted by Crippen LogP contribution is -2.24. The molecule has 0 saturated heterocycles. The van der Waals surface area contributed by atoms with Gasteiger partial charge in [-0.05, 0) is 50.0 Å². The summed E-state index contributed by atoms with van der Waals surface area (Å²) in [4.78, 5) is 21.9. The quantitative estimate of drug-likeness (QED) is 0.607. The highest BCUT2D eigenvalue weighted by Crippen LogP contribution is 2.36. The first-order valence-electron chi connectivity index (χ1n) is 10.4. The Labute approximate surface area is 189 Å². The van der Waals surface area contributed by atoms with Crippen molar-refractivity contribution in [2.75, 3.05) is 11.6 Å². The van der Waals surface area contributed by atoms with Crippen LogP contribution in [0.25, 0.3) is 6.08 Å². The van der Waals surface area contributed by atoms with E-state index in [1.807, 2.05) is 19.9 Å². The van der Waals surface area contributed by atoms with E-state index in [1.54, 1.807) is 24.5 Å². The molecular weight excluding hydrogens is 434 g/mol. The Morgan fingerprint density at radius 3 is 2.48 bits per heavy atom. The Balaban J connectivity index is 1.85. The minimum absolute atomic E-state index is 0.0682. The Hall–Kier alpha value is -2.25. The second-order valence-electron chi connectivity index (χ2n) is 8.44. The van der Waals surface area contributed by atoms with Crippen molar-refractivity contribution in [3.8, 4) is 0 Å². The number of rotatable bonds is 7. The van der Waals surface area contributed by atoms with E-state index in [4.69, 9.17) is 11.6 Å². The maximum atomic E-state index is 13.2. The molecule has 0 radical (unpaired) electrons. The fourth-order valence-corrected chi connectivity index (χ4v) is 5.33. The van der Waals surface area contributed by atoms with Gasteiger partial charge in [0, 0.05) is 6.26 Å². The number of hydrogen-bond acceptors (Lipinski definition) is 5. The zero-order chi connectivity index (χ0) is 22.6. The maximum absolute atomic E-state index is 13.2. The molecule has 1 heterocycles. The van der Waals surface area contributed by atoms with Gasteiger partial charge in [-0.2, -0.15) is 0 Å². The van der Waals surface area contributed by atoms with Gasteiger partial charge in [-0.1, -0.05) is 48.9 Å². The normalized spacial score (nSPS) is 15.5. The van der Waals surface area contributed by atoms with Gasteiger partial charge < -0.3 is 5.32 Å². The van der Waals surface area contributed by atoms with Crippen molar-refractivity contribution in [2.24, 2.45) is 5.92 Å². The van der Waals surface area contributed by atoms with Gasteiger partial charge in [0.05, 0.1) is 33.9 Å². The second-order valence-corrected chi connectivity index (χ2v) is 10.8. The fourth-order valence-electron chi connectivity index (χ4n) is 3.99. The molecule has 166 valence electrons. The highest BCUT2D eigenvalue weighted by atomic mass is 35.5. The first-order chi connectivity index (χ1) is 14.6. The van der Waals surface area contributed by atoms with Gasteiger partial charge in [-0.15, -0.1) is 0 Å². The summed E-state index contributed by atoms with van der Waals surface area (Å²) < 4.78 is 23.8. The number of carbonyl (C=O) groups is 1. The van der Waals surface area contributed by atoms with E-state index in [0.717, 1.165) is 30.4 Å². The number of sulfone groups is 1. The number of nitrogens with one attached hydrogen (secondary N) is 1. The van der Waals surface area contributed by atoms with Crippen LogP contribution in [0, 0.1) is 5.92 Å². The molecular formula is C23H28ClN3O3S. The lowest BCUT2D eigenvalue weighted by atomic mass is 9.87. The largest absolute Gasteiger partial charge is 0.309 e. The Kier molecular flexibility index (Phi) is 7.49. The predicted molar refractivity (Wildman–Crippen MR) is 124 cm³/mol. The molecule has 2 aromatic rings. The van der Waals surface area contributed by atoms with Crippen molar-refractivity contribution in [3.05, 3.63) is 52.4 Å². The molecule has 1 unspecified atom stereocenters. The van der Waals surface area contributed by atoms with E-state index in [2.05, 4.69) is 15.3 Å². The van der Waals surface area contributed by atoms with Gasteiger partial charge in [0.2, 0.25) is 5.91 Å². The third-order valence-electron chi connectivity index (χ3n) is 5.48. The smallest absolute Gasteiger partial charge is 0.233 e. The highest BCUT2D eigenvalue weighted by Gasteiger charge is 2.28. The third-order valence-corrected chi connectivity index (χ3v) is 7.06. The molecule has 1 N–H and O–H groups in total. The number of carbonyl (C=O) groups excluding carboxylic acids is 1. The number of amides is 1. The predicted octanol–water partition coefficient (Wildman–Crippen LogP) is 5.26. The molecule has 1 aliphatic rings. The molecule has 8 heteroatoms. The topological polar surface area (TPSA) is 89.0 Å². The number of hydrogen-bond donors (Lipinski definition) is 1. The van der Waals surface area contributed by atoms with E-state index < -0.39 is 15.8 Å². The standard InChI is InChI=1S/C23H28ClN3O3S/c1-15(2)10-18-13-26-22(14-25-18)27-23(28)19(11-16-6-4-5-7-16)17-8-9-21(20(24)12-17)31(3,29)30/h8-10,12-14,16,19H,4-7,11H2,1-3H3,(H,26,27,28). The van der Waals surface area contributed by atoms with E-state index in [-0.39, 0.29) is 15.8 Å². The van der Waals surface area contributed by atoms with Crippen LogP contribution in [0.3, 0.4) is 0 Å². The van der Waals surface area contributed by atoms with Gasteiger partial charge >= 0.3 is 0 Å². The van der Waals surface area contributed by atoms with Gasteiger partial charge in [-0.25, -0.2) is 13.4 Å². The molecule has 6 nitrogen and oxygen atoms in total. The lowest BCUT2D eigenvalue weighted by Gasteiger charge is -2.21. The molecule has 0 bridgehead atoms. The summed E-state index contributed by atoms with van der Waals surface area (Å²) in [5.74, 6) is 0.189. The summed E-state index contributed by atoms with van der Waals surface area (Å²) in [6, 6.07) is 4.77. The average Bonchev–Trinajstić information content (AvgIpc) is 3.19. The summed E-state index contributed by atoms with van der Waals surface area (Å²) in [6.07, 6.45) is 11.4. The van der Waals surface area contributed by atoms with Crippen LogP contribution in [-0.2, 0) is 14.6 Å². The SMILES string of the molecule is CC(C)=Cc1cnc(NC(=O)C(CC2CCCC2)c2ccc(S(C)(=O)=O)c(Cl)c2)cn1. The molecule has 1 aliphatic carbocycles. The first-order valence-corrected chi connectivity index (χ1v) is 12.7.